The molecule has 3 aromatic rings. The summed E-state index contributed by atoms with van der Waals surface area (Å²) < 4.78 is 18.2. The summed E-state index contributed by atoms with van der Waals surface area (Å²) in [5.74, 6) is -0.269. The summed E-state index contributed by atoms with van der Waals surface area (Å²) >= 11 is 0. The standard InChI is InChI=1S/C22H22FN3O3/c1-15(16-8-10-17(23)11-9-16)24-14-21(27)26-20-7-3-2-6-19(20)22(28)25-13-18-5-4-12-29-18/h2-12,15,24H,13-14H2,1H3,(H,25,28)(H,26,27). The molecular formula is C22H22FN3O3. The Morgan fingerprint density at radius 1 is 1.03 bits per heavy atom. The molecule has 7 heteroatoms. The van der Waals surface area contributed by atoms with Gasteiger partial charge in [-0.1, -0.05) is 24.3 Å². The highest BCUT2D eigenvalue weighted by atomic mass is 19.1. The lowest BCUT2D eigenvalue weighted by Crippen LogP contribution is -2.31. The predicted molar refractivity (Wildman–Crippen MR) is 108 cm³/mol. The molecule has 1 unspecified atom stereocenters. The smallest absolute Gasteiger partial charge is 0.253 e. The van der Waals surface area contributed by atoms with Gasteiger partial charge < -0.3 is 20.4 Å². The van der Waals surface area contributed by atoms with Gasteiger partial charge in [-0.25, -0.2) is 4.39 Å². The molecule has 29 heavy (non-hydrogen) atoms. The third-order valence-corrected chi connectivity index (χ3v) is 4.39. The fourth-order valence-electron chi connectivity index (χ4n) is 2.78. The second-order valence-corrected chi connectivity index (χ2v) is 6.51. The van der Waals surface area contributed by atoms with Gasteiger partial charge in [0, 0.05) is 6.04 Å². The number of nitrogens with one attached hydrogen (secondary N) is 3. The summed E-state index contributed by atoms with van der Waals surface area (Å²) in [6, 6.07) is 16.3. The fraction of sp³-hybridized carbons (Fsp3) is 0.182. The molecule has 1 heterocycles. The number of carbonyl (C=O) groups is 2. The van der Waals surface area contributed by atoms with Crippen LogP contribution in [0.3, 0.4) is 0 Å². The van der Waals surface area contributed by atoms with E-state index in [1.807, 2.05) is 6.92 Å². The molecule has 6 nitrogen and oxygen atoms in total. The first kappa shape index (κ1) is 20.3. The number of halogens is 1. The molecule has 2 aromatic carbocycles. The van der Waals surface area contributed by atoms with Crippen LogP contribution in [0.1, 0.15) is 34.6 Å². The Bertz CT molecular complexity index is 956. The van der Waals surface area contributed by atoms with Crippen LogP contribution in [0.5, 0.6) is 0 Å². The van der Waals surface area contributed by atoms with Gasteiger partial charge in [0.25, 0.3) is 5.91 Å². The number of benzene rings is 2. The van der Waals surface area contributed by atoms with E-state index >= 15 is 0 Å². The lowest BCUT2D eigenvalue weighted by atomic mass is 10.1. The van der Waals surface area contributed by atoms with E-state index in [4.69, 9.17) is 4.42 Å². The molecule has 0 spiro atoms. The first-order valence-corrected chi connectivity index (χ1v) is 9.21. The number of rotatable bonds is 8. The van der Waals surface area contributed by atoms with Crippen LogP contribution in [0.25, 0.3) is 0 Å². The van der Waals surface area contributed by atoms with Crippen LogP contribution in [0, 0.1) is 5.82 Å². The van der Waals surface area contributed by atoms with E-state index in [1.54, 1.807) is 48.5 Å². The van der Waals surface area contributed by atoms with E-state index in [9.17, 15) is 14.0 Å². The molecule has 3 rings (SSSR count). The molecule has 1 atom stereocenters. The number of hydrogen-bond donors (Lipinski definition) is 3. The topological polar surface area (TPSA) is 83.4 Å². The Balaban J connectivity index is 1.56. The summed E-state index contributed by atoms with van der Waals surface area (Å²) in [5.41, 5.74) is 1.65. The third kappa shape index (κ3) is 5.76. The van der Waals surface area contributed by atoms with E-state index in [0.29, 0.717) is 17.0 Å². The highest BCUT2D eigenvalue weighted by Gasteiger charge is 2.14. The van der Waals surface area contributed by atoms with E-state index in [-0.39, 0.29) is 36.8 Å². The lowest BCUT2D eigenvalue weighted by Gasteiger charge is -2.15. The maximum atomic E-state index is 13.0. The van der Waals surface area contributed by atoms with Crippen molar-refractivity contribution < 1.29 is 18.4 Å². The minimum Gasteiger partial charge on any atom is -0.467 e. The minimum absolute atomic E-state index is 0.0426. The first-order valence-electron chi connectivity index (χ1n) is 9.21. The second-order valence-electron chi connectivity index (χ2n) is 6.51. The third-order valence-electron chi connectivity index (χ3n) is 4.39. The van der Waals surface area contributed by atoms with Crippen molar-refractivity contribution in [2.45, 2.75) is 19.5 Å². The average molecular weight is 395 g/mol. The molecule has 150 valence electrons. The zero-order chi connectivity index (χ0) is 20.6. The molecule has 0 saturated heterocycles. The van der Waals surface area contributed by atoms with E-state index < -0.39 is 0 Å². The van der Waals surface area contributed by atoms with Gasteiger partial charge in [0.2, 0.25) is 5.91 Å². The molecular weight excluding hydrogens is 373 g/mol. The highest BCUT2D eigenvalue weighted by molar-refractivity contribution is 6.04. The summed E-state index contributed by atoms with van der Waals surface area (Å²) in [5, 5.41) is 8.60. The summed E-state index contributed by atoms with van der Waals surface area (Å²) in [7, 11) is 0. The van der Waals surface area contributed by atoms with Crippen LogP contribution in [-0.2, 0) is 11.3 Å². The largest absolute Gasteiger partial charge is 0.467 e. The molecule has 0 saturated carbocycles. The van der Waals surface area contributed by atoms with Crippen molar-refractivity contribution in [3.63, 3.8) is 0 Å². The number of amides is 2. The summed E-state index contributed by atoms with van der Waals surface area (Å²) in [6.45, 7) is 2.18. The van der Waals surface area contributed by atoms with Crippen LogP contribution >= 0.6 is 0 Å². The van der Waals surface area contributed by atoms with Gasteiger partial charge in [0.1, 0.15) is 11.6 Å². The van der Waals surface area contributed by atoms with Gasteiger partial charge in [-0.3, -0.25) is 9.59 Å². The monoisotopic (exact) mass is 395 g/mol. The van der Waals surface area contributed by atoms with Gasteiger partial charge in [0.05, 0.1) is 30.6 Å². The Labute approximate surface area is 168 Å². The van der Waals surface area contributed by atoms with Crippen molar-refractivity contribution in [2.75, 3.05) is 11.9 Å². The first-order chi connectivity index (χ1) is 14.0. The Hall–Kier alpha value is -3.45. The number of furan rings is 1. The molecule has 0 aliphatic rings. The molecule has 0 fully saturated rings. The van der Waals surface area contributed by atoms with E-state index in [1.165, 1.54) is 18.4 Å². The fourth-order valence-corrected chi connectivity index (χ4v) is 2.78. The number of carbonyl (C=O) groups excluding carboxylic acids is 2. The number of para-hydroxylation sites is 1. The highest BCUT2D eigenvalue weighted by Crippen LogP contribution is 2.16. The lowest BCUT2D eigenvalue weighted by molar-refractivity contribution is -0.115. The molecule has 0 radical (unpaired) electrons. The number of anilines is 1. The van der Waals surface area contributed by atoms with Crippen molar-refractivity contribution in [1.29, 1.82) is 0 Å². The Morgan fingerprint density at radius 2 is 1.79 bits per heavy atom. The minimum atomic E-state index is -0.315. The zero-order valence-corrected chi connectivity index (χ0v) is 15.9. The average Bonchev–Trinajstić information content (AvgIpc) is 3.25. The maximum Gasteiger partial charge on any atom is 0.253 e. The normalized spacial score (nSPS) is 11.7. The van der Waals surface area contributed by atoms with E-state index in [0.717, 1.165) is 5.56 Å². The van der Waals surface area contributed by atoms with Gasteiger partial charge in [-0.2, -0.15) is 0 Å². The zero-order valence-electron chi connectivity index (χ0n) is 15.9. The van der Waals surface area contributed by atoms with Crippen LogP contribution < -0.4 is 16.0 Å². The molecule has 0 aliphatic heterocycles. The van der Waals surface area contributed by atoms with Crippen LogP contribution in [0.4, 0.5) is 10.1 Å². The Morgan fingerprint density at radius 3 is 2.52 bits per heavy atom. The van der Waals surface area contributed by atoms with Crippen LogP contribution in [-0.4, -0.2) is 18.4 Å². The SMILES string of the molecule is CC(NCC(=O)Nc1ccccc1C(=O)NCc1ccco1)c1ccc(F)cc1. The van der Waals surface area contributed by atoms with Gasteiger partial charge >= 0.3 is 0 Å². The summed E-state index contributed by atoms with van der Waals surface area (Å²) in [4.78, 5) is 24.8. The van der Waals surface area contributed by atoms with E-state index in [2.05, 4.69) is 16.0 Å². The molecule has 2 amide bonds. The van der Waals surface area contributed by atoms with Crippen LogP contribution in [0.2, 0.25) is 0 Å². The maximum absolute atomic E-state index is 13.0. The van der Waals surface area contributed by atoms with Crippen molar-refractivity contribution in [3.8, 4) is 0 Å². The van der Waals surface area contributed by atoms with Crippen molar-refractivity contribution in [1.82, 2.24) is 10.6 Å². The molecule has 1 aromatic heterocycles. The van der Waals surface area contributed by atoms with Crippen molar-refractivity contribution in [3.05, 3.63) is 89.6 Å². The second kappa shape index (κ2) is 9.66. The molecule has 0 aliphatic carbocycles. The quantitative estimate of drug-likeness (QED) is 0.544. The van der Waals surface area contributed by atoms with Crippen molar-refractivity contribution >= 4 is 17.5 Å². The van der Waals surface area contributed by atoms with Crippen molar-refractivity contribution in [2.24, 2.45) is 0 Å². The predicted octanol–water partition coefficient (Wildman–Crippen LogP) is 3.64. The molecule has 0 bridgehead atoms. The molecule has 3 N–H and O–H groups in total. The van der Waals surface area contributed by atoms with Gasteiger partial charge in [-0.15, -0.1) is 0 Å². The number of hydrogen-bond acceptors (Lipinski definition) is 4. The Kier molecular flexibility index (Phi) is 6.76. The van der Waals surface area contributed by atoms with Gasteiger partial charge in [-0.05, 0) is 48.9 Å². The summed E-state index contributed by atoms with van der Waals surface area (Å²) in [6.07, 6.45) is 1.54. The van der Waals surface area contributed by atoms with Crippen LogP contribution in [0.15, 0.2) is 71.3 Å². The van der Waals surface area contributed by atoms with Gasteiger partial charge in [0.15, 0.2) is 0 Å².